The van der Waals surface area contributed by atoms with E-state index < -0.39 is 0 Å². The van der Waals surface area contributed by atoms with Crippen LogP contribution in [0.15, 0.2) is 48.5 Å². The quantitative estimate of drug-likeness (QED) is 0.679. The average molecular weight is 389 g/mol. The normalized spacial score (nSPS) is 18.0. The molecule has 0 radical (unpaired) electrons. The van der Waals surface area contributed by atoms with Gasteiger partial charge in [-0.15, -0.1) is 0 Å². The van der Waals surface area contributed by atoms with Crippen LogP contribution in [-0.4, -0.2) is 46.5 Å². The topological polar surface area (TPSA) is 41.4 Å². The minimum Gasteiger partial charge on any atom is -0.371 e. The van der Waals surface area contributed by atoms with Crippen LogP contribution in [0.25, 0.3) is 22.4 Å². The summed E-state index contributed by atoms with van der Waals surface area (Å²) in [5.74, 6) is 1.58. The lowest BCUT2D eigenvalue weighted by Gasteiger charge is -2.34. The molecule has 1 aromatic heterocycles. The van der Waals surface area contributed by atoms with Gasteiger partial charge in [0.05, 0.1) is 11.0 Å². The van der Waals surface area contributed by atoms with Crippen LogP contribution in [0.1, 0.15) is 25.7 Å². The van der Waals surface area contributed by atoms with Crippen molar-refractivity contribution in [3.8, 4) is 11.4 Å². The molecule has 5 rings (SSSR count). The Bertz CT molecular complexity index is 1030. The van der Waals surface area contributed by atoms with Gasteiger partial charge in [-0.2, -0.15) is 0 Å². The van der Waals surface area contributed by atoms with Crippen LogP contribution in [0.4, 0.5) is 5.69 Å². The Morgan fingerprint density at radius 1 is 0.966 bits per heavy atom. The van der Waals surface area contributed by atoms with Crippen LogP contribution in [-0.2, 0) is 11.8 Å². The van der Waals surface area contributed by atoms with Crippen LogP contribution < -0.4 is 4.90 Å². The standard InChI is InChI=1S/C24H28N4O/c1-26-22-10-3-2-9-21(22)25-23(26)19-7-6-8-20(17-19)27-15-11-18(12-16-27)24(29)28-13-4-5-14-28/h2-3,6-10,17-18H,4-5,11-16H2,1H3. The highest BCUT2D eigenvalue weighted by Crippen LogP contribution is 2.30. The molecule has 0 bridgehead atoms. The molecular formula is C24H28N4O. The molecule has 0 N–H and O–H groups in total. The van der Waals surface area contributed by atoms with E-state index in [1.54, 1.807) is 0 Å². The number of para-hydroxylation sites is 2. The molecule has 3 aromatic rings. The summed E-state index contributed by atoms with van der Waals surface area (Å²) in [5.41, 5.74) is 4.53. The van der Waals surface area contributed by atoms with E-state index in [2.05, 4.69) is 63.9 Å². The van der Waals surface area contributed by atoms with Crippen molar-refractivity contribution >= 4 is 22.6 Å². The number of carbonyl (C=O) groups is 1. The Morgan fingerprint density at radius 2 is 1.72 bits per heavy atom. The first kappa shape index (κ1) is 18.2. The molecule has 0 aliphatic carbocycles. The van der Waals surface area contributed by atoms with Gasteiger partial charge in [-0.1, -0.05) is 24.3 Å². The number of hydrogen-bond acceptors (Lipinski definition) is 3. The number of amides is 1. The van der Waals surface area contributed by atoms with Gasteiger partial charge in [0.15, 0.2) is 0 Å². The summed E-state index contributed by atoms with van der Waals surface area (Å²) in [5, 5.41) is 0. The molecule has 0 spiro atoms. The largest absolute Gasteiger partial charge is 0.371 e. The van der Waals surface area contributed by atoms with Crippen LogP contribution in [0.2, 0.25) is 0 Å². The van der Waals surface area contributed by atoms with Crippen molar-refractivity contribution in [3.63, 3.8) is 0 Å². The van der Waals surface area contributed by atoms with Crippen molar-refractivity contribution in [3.05, 3.63) is 48.5 Å². The molecule has 0 atom stereocenters. The summed E-state index contributed by atoms with van der Waals surface area (Å²) in [4.78, 5) is 22.0. The third kappa shape index (κ3) is 3.39. The SMILES string of the molecule is Cn1c(-c2cccc(N3CCC(C(=O)N4CCCC4)CC3)c2)nc2ccccc21. The molecule has 150 valence electrons. The molecule has 5 nitrogen and oxygen atoms in total. The van der Waals surface area contributed by atoms with E-state index in [-0.39, 0.29) is 5.92 Å². The number of likely N-dealkylation sites (tertiary alicyclic amines) is 1. The van der Waals surface area contributed by atoms with Crippen LogP contribution in [0.5, 0.6) is 0 Å². The maximum Gasteiger partial charge on any atom is 0.225 e. The Balaban J connectivity index is 1.33. The zero-order valence-electron chi connectivity index (χ0n) is 17.1. The van der Waals surface area contributed by atoms with Gasteiger partial charge in [0.25, 0.3) is 0 Å². The van der Waals surface area contributed by atoms with E-state index in [1.165, 1.54) is 18.5 Å². The van der Waals surface area contributed by atoms with Crippen LogP contribution in [0, 0.1) is 5.92 Å². The number of benzene rings is 2. The minimum absolute atomic E-state index is 0.201. The van der Waals surface area contributed by atoms with Gasteiger partial charge in [-0.25, -0.2) is 4.98 Å². The summed E-state index contributed by atoms with van der Waals surface area (Å²) in [6, 6.07) is 16.9. The Labute approximate surface area is 171 Å². The number of hydrogen-bond donors (Lipinski definition) is 0. The first-order valence-electron chi connectivity index (χ1n) is 10.8. The number of nitrogens with zero attached hydrogens (tertiary/aromatic N) is 4. The van der Waals surface area contributed by atoms with E-state index in [0.717, 1.165) is 61.4 Å². The van der Waals surface area contributed by atoms with E-state index in [9.17, 15) is 4.79 Å². The van der Waals surface area contributed by atoms with E-state index in [0.29, 0.717) is 5.91 Å². The van der Waals surface area contributed by atoms with E-state index in [1.807, 2.05) is 6.07 Å². The van der Waals surface area contributed by atoms with Gasteiger partial charge in [0.2, 0.25) is 5.91 Å². The zero-order valence-corrected chi connectivity index (χ0v) is 17.1. The maximum absolute atomic E-state index is 12.7. The van der Waals surface area contributed by atoms with Crippen molar-refractivity contribution in [1.82, 2.24) is 14.5 Å². The number of piperidine rings is 1. The average Bonchev–Trinajstić information content (AvgIpc) is 3.42. The number of fused-ring (bicyclic) bond motifs is 1. The fraction of sp³-hybridized carbons (Fsp3) is 0.417. The van der Waals surface area contributed by atoms with E-state index in [4.69, 9.17) is 4.98 Å². The lowest BCUT2D eigenvalue weighted by molar-refractivity contribution is -0.135. The van der Waals surface area contributed by atoms with Crippen molar-refractivity contribution in [2.75, 3.05) is 31.1 Å². The van der Waals surface area contributed by atoms with Crippen LogP contribution in [0.3, 0.4) is 0 Å². The maximum atomic E-state index is 12.7. The number of aromatic nitrogens is 2. The number of aryl methyl sites for hydroxylation is 1. The second-order valence-corrected chi connectivity index (χ2v) is 8.33. The molecule has 0 unspecified atom stereocenters. The number of anilines is 1. The molecule has 5 heteroatoms. The minimum atomic E-state index is 0.201. The highest BCUT2D eigenvalue weighted by Gasteiger charge is 2.30. The molecule has 3 heterocycles. The second-order valence-electron chi connectivity index (χ2n) is 8.33. The predicted molar refractivity (Wildman–Crippen MR) is 117 cm³/mol. The fourth-order valence-corrected chi connectivity index (χ4v) is 4.83. The first-order valence-corrected chi connectivity index (χ1v) is 10.8. The lowest BCUT2D eigenvalue weighted by Crippen LogP contribution is -2.41. The Morgan fingerprint density at radius 3 is 2.48 bits per heavy atom. The predicted octanol–water partition coefficient (Wildman–Crippen LogP) is 4.08. The van der Waals surface area contributed by atoms with Crippen LogP contribution >= 0.6 is 0 Å². The van der Waals surface area contributed by atoms with Crippen molar-refractivity contribution in [1.29, 1.82) is 0 Å². The van der Waals surface area contributed by atoms with Gasteiger partial charge >= 0.3 is 0 Å². The zero-order chi connectivity index (χ0) is 19.8. The molecule has 2 aromatic carbocycles. The fourth-order valence-electron chi connectivity index (χ4n) is 4.83. The number of imidazole rings is 1. The van der Waals surface area contributed by atoms with Gasteiger partial charge in [0.1, 0.15) is 5.82 Å². The summed E-state index contributed by atoms with van der Waals surface area (Å²) >= 11 is 0. The smallest absolute Gasteiger partial charge is 0.225 e. The highest BCUT2D eigenvalue weighted by atomic mass is 16.2. The van der Waals surface area contributed by atoms with Gasteiger partial charge in [-0.05, 0) is 49.9 Å². The third-order valence-electron chi connectivity index (χ3n) is 6.52. The van der Waals surface area contributed by atoms with Crippen molar-refractivity contribution in [2.45, 2.75) is 25.7 Å². The van der Waals surface area contributed by atoms with Crippen molar-refractivity contribution in [2.24, 2.45) is 13.0 Å². The molecule has 2 fully saturated rings. The molecule has 1 amide bonds. The summed E-state index contributed by atoms with van der Waals surface area (Å²) in [6.07, 6.45) is 4.23. The molecule has 29 heavy (non-hydrogen) atoms. The van der Waals surface area contributed by atoms with Gasteiger partial charge in [-0.3, -0.25) is 4.79 Å². The molecule has 2 aliphatic heterocycles. The van der Waals surface area contributed by atoms with Gasteiger partial charge < -0.3 is 14.4 Å². The highest BCUT2D eigenvalue weighted by molar-refractivity contribution is 5.81. The summed E-state index contributed by atoms with van der Waals surface area (Å²) < 4.78 is 2.16. The molecule has 2 saturated heterocycles. The van der Waals surface area contributed by atoms with Crippen molar-refractivity contribution < 1.29 is 4.79 Å². The monoisotopic (exact) mass is 388 g/mol. The first-order chi connectivity index (χ1) is 14.2. The van der Waals surface area contributed by atoms with E-state index >= 15 is 0 Å². The Hall–Kier alpha value is -2.82. The number of carbonyl (C=O) groups excluding carboxylic acids is 1. The Kier molecular flexibility index (Phi) is 4.74. The molecule has 2 aliphatic rings. The number of rotatable bonds is 3. The summed E-state index contributed by atoms with van der Waals surface area (Å²) in [7, 11) is 2.08. The van der Waals surface area contributed by atoms with Gasteiger partial charge in [0, 0.05) is 50.4 Å². The third-order valence-corrected chi connectivity index (χ3v) is 6.52. The molecule has 0 saturated carbocycles. The summed E-state index contributed by atoms with van der Waals surface area (Å²) in [6.45, 7) is 3.80. The second kappa shape index (κ2) is 7.54. The molecular weight excluding hydrogens is 360 g/mol. The lowest BCUT2D eigenvalue weighted by atomic mass is 9.95.